The molecule has 1 fully saturated rings. The molecule has 1 rings (SSSR count). The topological polar surface area (TPSA) is 70.1 Å². The minimum absolute atomic E-state index is 0.0348. The molecular formula is C11H20N2O4. The van der Waals surface area contributed by atoms with Crippen molar-refractivity contribution in [2.45, 2.75) is 26.4 Å². The Kier molecular flexibility index (Phi) is 5.21. The number of carboxylic acids is 1. The van der Waals surface area contributed by atoms with E-state index >= 15 is 0 Å². The standard InChI is InChI=1S/C11H20N2O4/c1-9(2)17-11(16)13-5-3-4-12(6-7-13)8-10(14)15/h9H,3-8H2,1-2H3,(H,14,15). The Bertz CT molecular complexity index is 281. The van der Waals surface area contributed by atoms with Gasteiger partial charge >= 0.3 is 12.1 Å². The Morgan fingerprint density at radius 2 is 1.94 bits per heavy atom. The molecule has 0 spiro atoms. The maximum absolute atomic E-state index is 11.7. The number of carbonyl (C=O) groups excluding carboxylic acids is 1. The number of carboxylic acid groups (broad SMARTS) is 1. The maximum atomic E-state index is 11.7. The van der Waals surface area contributed by atoms with Crippen molar-refractivity contribution in [2.24, 2.45) is 0 Å². The molecule has 0 aliphatic carbocycles. The highest BCUT2D eigenvalue weighted by molar-refractivity contribution is 5.69. The molecule has 1 saturated heterocycles. The molecule has 0 radical (unpaired) electrons. The van der Waals surface area contributed by atoms with Gasteiger partial charge in [-0.2, -0.15) is 0 Å². The van der Waals surface area contributed by atoms with Crippen LogP contribution in [0.5, 0.6) is 0 Å². The van der Waals surface area contributed by atoms with Crippen LogP contribution in [-0.4, -0.2) is 65.8 Å². The summed E-state index contributed by atoms with van der Waals surface area (Å²) in [5.74, 6) is -0.830. The molecule has 6 heteroatoms. The Hall–Kier alpha value is -1.30. The quantitative estimate of drug-likeness (QED) is 0.788. The van der Waals surface area contributed by atoms with E-state index < -0.39 is 5.97 Å². The third-order valence-corrected chi connectivity index (χ3v) is 2.54. The fourth-order valence-electron chi connectivity index (χ4n) is 1.78. The molecule has 0 atom stereocenters. The lowest BCUT2D eigenvalue weighted by Gasteiger charge is -2.21. The lowest BCUT2D eigenvalue weighted by Crippen LogP contribution is -2.37. The number of amides is 1. The van der Waals surface area contributed by atoms with Gasteiger partial charge < -0.3 is 14.7 Å². The second-order valence-corrected chi connectivity index (χ2v) is 4.44. The normalized spacial score (nSPS) is 17.9. The van der Waals surface area contributed by atoms with Crippen molar-refractivity contribution >= 4 is 12.1 Å². The Morgan fingerprint density at radius 3 is 2.53 bits per heavy atom. The zero-order valence-corrected chi connectivity index (χ0v) is 10.4. The molecule has 98 valence electrons. The summed E-state index contributed by atoms with van der Waals surface area (Å²) >= 11 is 0. The van der Waals surface area contributed by atoms with Gasteiger partial charge in [-0.15, -0.1) is 0 Å². The molecule has 1 aliphatic rings. The largest absolute Gasteiger partial charge is 0.480 e. The molecule has 0 saturated carbocycles. The van der Waals surface area contributed by atoms with Crippen LogP contribution < -0.4 is 0 Å². The van der Waals surface area contributed by atoms with Gasteiger partial charge in [0.2, 0.25) is 0 Å². The molecule has 6 nitrogen and oxygen atoms in total. The van der Waals surface area contributed by atoms with Gasteiger partial charge in [0.05, 0.1) is 12.6 Å². The molecule has 0 aromatic heterocycles. The molecule has 1 aliphatic heterocycles. The van der Waals surface area contributed by atoms with E-state index in [1.807, 2.05) is 18.7 Å². The van der Waals surface area contributed by atoms with Crippen LogP contribution in [0.3, 0.4) is 0 Å². The van der Waals surface area contributed by atoms with Crippen LogP contribution in [0.1, 0.15) is 20.3 Å². The fraction of sp³-hybridized carbons (Fsp3) is 0.818. The first-order valence-electron chi connectivity index (χ1n) is 5.88. The molecule has 0 aromatic rings. The molecule has 0 bridgehead atoms. The highest BCUT2D eigenvalue weighted by Crippen LogP contribution is 2.06. The first-order chi connectivity index (χ1) is 7.99. The second kappa shape index (κ2) is 6.44. The van der Waals surface area contributed by atoms with Crippen molar-refractivity contribution in [1.29, 1.82) is 0 Å². The van der Waals surface area contributed by atoms with Gasteiger partial charge in [-0.3, -0.25) is 9.69 Å². The Labute approximate surface area is 101 Å². The number of ether oxygens (including phenoxy) is 1. The van der Waals surface area contributed by atoms with E-state index in [4.69, 9.17) is 9.84 Å². The number of hydrogen-bond acceptors (Lipinski definition) is 4. The van der Waals surface area contributed by atoms with Gasteiger partial charge in [-0.05, 0) is 20.3 Å². The molecule has 0 unspecified atom stereocenters. The summed E-state index contributed by atoms with van der Waals surface area (Å²) in [6.07, 6.45) is 0.346. The summed E-state index contributed by atoms with van der Waals surface area (Å²) in [6.45, 7) is 6.10. The zero-order chi connectivity index (χ0) is 12.8. The lowest BCUT2D eigenvalue weighted by molar-refractivity contribution is -0.138. The maximum Gasteiger partial charge on any atom is 0.410 e. The average Bonchev–Trinajstić information content (AvgIpc) is 2.41. The van der Waals surface area contributed by atoms with Crippen LogP contribution >= 0.6 is 0 Å². The van der Waals surface area contributed by atoms with Crippen molar-refractivity contribution < 1.29 is 19.4 Å². The van der Waals surface area contributed by atoms with Gasteiger partial charge in [0, 0.05) is 26.2 Å². The highest BCUT2D eigenvalue weighted by atomic mass is 16.6. The summed E-state index contributed by atoms with van der Waals surface area (Å²) in [5, 5.41) is 8.70. The van der Waals surface area contributed by atoms with Crippen molar-refractivity contribution in [2.75, 3.05) is 32.7 Å². The van der Waals surface area contributed by atoms with E-state index in [1.54, 1.807) is 4.90 Å². The van der Waals surface area contributed by atoms with E-state index in [9.17, 15) is 9.59 Å². The van der Waals surface area contributed by atoms with E-state index in [2.05, 4.69) is 0 Å². The predicted molar refractivity (Wildman–Crippen MR) is 61.9 cm³/mol. The zero-order valence-electron chi connectivity index (χ0n) is 10.4. The number of nitrogens with zero attached hydrogens (tertiary/aromatic N) is 2. The fourth-order valence-corrected chi connectivity index (χ4v) is 1.78. The number of hydrogen-bond donors (Lipinski definition) is 1. The van der Waals surface area contributed by atoms with E-state index in [-0.39, 0.29) is 18.7 Å². The molecule has 1 amide bonds. The minimum atomic E-state index is -0.830. The van der Waals surface area contributed by atoms with Crippen molar-refractivity contribution in [3.05, 3.63) is 0 Å². The van der Waals surface area contributed by atoms with Crippen LogP contribution in [-0.2, 0) is 9.53 Å². The summed E-state index contributed by atoms with van der Waals surface area (Å²) < 4.78 is 5.11. The summed E-state index contributed by atoms with van der Waals surface area (Å²) in [5.41, 5.74) is 0. The predicted octanol–water partition coefficient (Wildman–Crippen LogP) is 0.624. The summed E-state index contributed by atoms with van der Waals surface area (Å²) in [6, 6.07) is 0. The lowest BCUT2D eigenvalue weighted by atomic mass is 10.4. The number of aliphatic carboxylic acids is 1. The van der Waals surface area contributed by atoms with Crippen LogP contribution in [0.2, 0.25) is 0 Å². The van der Waals surface area contributed by atoms with E-state index in [0.717, 1.165) is 6.42 Å². The van der Waals surface area contributed by atoms with Crippen molar-refractivity contribution in [1.82, 2.24) is 9.80 Å². The van der Waals surface area contributed by atoms with Crippen LogP contribution in [0.4, 0.5) is 4.79 Å². The third-order valence-electron chi connectivity index (χ3n) is 2.54. The van der Waals surface area contributed by atoms with Crippen molar-refractivity contribution in [3.8, 4) is 0 Å². The van der Waals surface area contributed by atoms with Gasteiger partial charge in [0.1, 0.15) is 0 Å². The smallest absolute Gasteiger partial charge is 0.410 e. The first-order valence-corrected chi connectivity index (χ1v) is 5.88. The second-order valence-electron chi connectivity index (χ2n) is 4.44. The van der Waals surface area contributed by atoms with E-state index in [1.165, 1.54) is 0 Å². The molecule has 1 N–H and O–H groups in total. The highest BCUT2D eigenvalue weighted by Gasteiger charge is 2.21. The Morgan fingerprint density at radius 1 is 1.24 bits per heavy atom. The molecular weight excluding hydrogens is 224 g/mol. The third kappa shape index (κ3) is 5.04. The minimum Gasteiger partial charge on any atom is -0.480 e. The average molecular weight is 244 g/mol. The molecule has 1 heterocycles. The van der Waals surface area contributed by atoms with Crippen molar-refractivity contribution in [3.63, 3.8) is 0 Å². The van der Waals surface area contributed by atoms with Gasteiger partial charge in [0.15, 0.2) is 0 Å². The summed E-state index contributed by atoms with van der Waals surface area (Å²) in [7, 11) is 0. The SMILES string of the molecule is CC(C)OC(=O)N1CCCN(CC(=O)O)CC1. The van der Waals surface area contributed by atoms with Gasteiger partial charge in [0.25, 0.3) is 0 Å². The summed E-state index contributed by atoms with van der Waals surface area (Å²) in [4.78, 5) is 25.7. The monoisotopic (exact) mass is 244 g/mol. The molecule has 17 heavy (non-hydrogen) atoms. The molecule has 0 aromatic carbocycles. The first kappa shape index (κ1) is 13.8. The number of carbonyl (C=O) groups is 2. The van der Waals surface area contributed by atoms with Crippen LogP contribution in [0, 0.1) is 0 Å². The van der Waals surface area contributed by atoms with Gasteiger partial charge in [-0.1, -0.05) is 0 Å². The van der Waals surface area contributed by atoms with Crippen LogP contribution in [0.15, 0.2) is 0 Å². The number of rotatable bonds is 3. The van der Waals surface area contributed by atoms with Gasteiger partial charge in [-0.25, -0.2) is 4.79 Å². The van der Waals surface area contributed by atoms with E-state index in [0.29, 0.717) is 26.2 Å². The van der Waals surface area contributed by atoms with Crippen LogP contribution in [0.25, 0.3) is 0 Å². The Balaban J connectivity index is 2.41.